The van der Waals surface area contributed by atoms with E-state index in [0.29, 0.717) is 24.2 Å². The number of anilines is 1. The van der Waals surface area contributed by atoms with Crippen molar-refractivity contribution >= 4 is 19.2 Å². The maximum absolute atomic E-state index is 13.1. The highest BCUT2D eigenvalue weighted by molar-refractivity contribution is 7.47. The molecule has 0 radical (unpaired) electrons. The van der Waals surface area contributed by atoms with Gasteiger partial charge in [-0.1, -0.05) is 140 Å². The first kappa shape index (κ1) is 42.8. The fourth-order valence-electron chi connectivity index (χ4n) is 6.79. The molecule has 2 aromatic heterocycles. The van der Waals surface area contributed by atoms with Gasteiger partial charge in [0.15, 0.2) is 5.82 Å². The maximum atomic E-state index is 13.1. The minimum absolute atomic E-state index is 0.188. The first-order valence-electron chi connectivity index (χ1n) is 19.5. The van der Waals surface area contributed by atoms with E-state index >= 15 is 0 Å². The molecule has 6 atom stereocenters. The van der Waals surface area contributed by atoms with Gasteiger partial charge in [-0.3, -0.25) is 9.05 Å². The Morgan fingerprint density at radius 2 is 1.53 bits per heavy atom. The monoisotopic (exact) mass is 757 g/mol. The molecule has 1 unspecified atom stereocenters. The first-order chi connectivity index (χ1) is 25.7. The van der Waals surface area contributed by atoms with Crippen molar-refractivity contribution in [2.75, 3.05) is 18.9 Å². The van der Waals surface area contributed by atoms with Crippen LogP contribution < -0.4 is 5.73 Å². The lowest BCUT2D eigenvalue weighted by Gasteiger charge is -2.26. The van der Waals surface area contributed by atoms with E-state index in [1.54, 1.807) is 12.1 Å². The molecule has 1 aromatic carbocycles. The summed E-state index contributed by atoms with van der Waals surface area (Å²) in [5.41, 5.74) is 5.44. The van der Waals surface area contributed by atoms with E-state index < -0.39 is 44.4 Å². The van der Waals surface area contributed by atoms with Crippen molar-refractivity contribution in [1.82, 2.24) is 14.6 Å². The van der Waals surface area contributed by atoms with Crippen LogP contribution in [-0.2, 0) is 29.7 Å². The minimum atomic E-state index is -4.74. The molecule has 14 heteroatoms. The SMILES string of the molecule is CCCCCCCCCCCCCCCCCC[C@@H](COP(=O)(O)OC[C@@]1(C#N)O[C@@H](c2ccc3c(N)ncnn23)[C@H](O)[C@@H]1O)OCc1ccccc1. The van der Waals surface area contributed by atoms with Crippen LogP contribution in [0.5, 0.6) is 0 Å². The molecule has 0 spiro atoms. The number of nitrogens with zero attached hydrogens (tertiary/aromatic N) is 4. The summed E-state index contributed by atoms with van der Waals surface area (Å²) in [7, 11) is -4.74. The molecule has 0 bridgehead atoms. The molecule has 0 saturated carbocycles. The number of aliphatic hydroxyl groups excluding tert-OH is 2. The molecule has 1 fully saturated rings. The molecule has 0 aliphatic carbocycles. The molecule has 4 rings (SSSR count). The average molecular weight is 758 g/mol. The summed E-state index contributed by atoms with van der Waals surface area (Å²) in [6.45, 7) is 1.51. The molecule has 294 valence electrons. The van der Waals surface area contributed by atoms with E-state index in [9.17, 15) is 24.9 Å². The van der Waals surface area contributed by atoms with E-state index in [4.69, 9.17) is 24.3 Å². The highest BCUT2D eigenvalue weighted by atomic mass is 31.2. The molecular formula is C39H60N5O8P. The summed E-state index contributed by atoms with van der Waals surface area (Å²) < 4.78 is 37.0. The molecule has 13 nitrogen and oxygen atoms in total. The van der Waals surface area contributed by atoms with Gasteiger partial charge in [0.05, 0.1) is 25.0 Å². The molecule has 1 aliphatic heterocycles. The number of unbranched alkanes of at least 4 members (excludes halogenated alkanes) is 15. The number of phosphoric ester groups is 1. The van der Waals surface area contributed by atoms with Crippen LogP contribution in [0.3, 0.4) is 0 Å². The molecular weight excluding hydrogens is 697 g/mol. The third-order valence-corrected chi connectivity index (χ3v) is 10.9. The van der Waals surface area contributed by atoms with Gasteiger partial charge in [-0.05, 0) is 24.1 Å². The number of nitrogens with two attached hydrogens (primary N) is 1. The number of aliphatic hydroxyl groups is 2. The van der Waals surface area contributed by atoms with Crippen molar-refractivity contribution in [1.29, 1.82) is 5.26 Å². The van der Waals surface area contributed by atoms with Gasteiger partial charge in [0.2, 0.25) is 5.60 Å². The van der Waals surface area contributed by atoms with Crippen LogP contribution in [0.25, 0.3) is 5.52 Å². The van der Waals surface area contributed by atoms with Gasteiger partial charge in [-0.15, -0.1) is 0 Å². The third-order valence-electron chi connectivity index (χ3n) is 10.0. The lowest BCUT2D eigenvalue weighted by molar-refractivity contribution is -0.0763. The van der Waals surface area contributed by atoms with Gasteiger partial charge in [-0.2, -0.15) is 10.4 Å². The Bertz CT molecular complexity index is 1570. The zero-order valence-corrected chi connectivity index (χ0v) is 32.2. The molecule has 0 amide bonds. The second-order valence-electron chi connectivity index (χ2n) is 14.2. The quantitative estimate of drug-likeness (QED) is 0.0437. The van der Waals surface area contributed by atoms with E-state index in [2.05, 4.69) is 17.0 Å². The lowest BCUT2D eigenvalue weighted by Crippen LogP contribution is -2.45. The smallest absolute Gasteiger partial charge is 0.387 e. The third kappa shape index (κ3) is 13.4. The Labute approximate surface area is 314 Å². The summed E-state index contributed by atoms with van der Waals surface area (Å²) in [5.74, 6) is 0.188. The van der Waals surface area contributed by atoms with Gasteiger partial charge in [0.1, 0.15) is 42.8 Å². The van der Waals surface area contributed by atoms with Crippen molar-refractivity contribution in [3.05, 3.63) is 60.0 Å². The number of nitrogen functional groups attached to an aromatic ring is 1. The van der Waals surface area contributed by atoms with Crippen LogP contribution in [0, 0.1) is 11.3 Å². The molecule has 1 aliphatic rings. The Morgan fingerprint density at radius 1 is 0.925 bits per heavy atom. The van der Waals surface area contributed by atoms with Crippen LogP contribution >= 0.6 is 7.82 Å². The highest BCUT2D eigenvalue weighted by Gasteiger charge is 2.57. The molecule has 3 aromatic rings. The van der Waals surface area contributed by atoms with Crippen molar-refractivity contribution < 1.29 is 38.2 Å². The van der Waals surface area contributed by atoms with Crippen molar-refractivity contribution in [3.63, 3.8) is 0 Å². The number of ether oxygens (including phenoxy) is 2. The second-order valence-corrected chi connectivity index (χ2v) is 15.7. The normalized spacial score (nSPS) is 21.8. The summed E-state index contributed by atoms with van der Waals surface area (Å²) in [6, 6.07) is 14.7. The van der Waals surface area contributed by atoms with E-state index in [-0.39, 0.29) is 12.4 Å². The summed E-state index contributed by atoms with van der Waals surface area (Å²) >= 11 is 0. The van der Waals surface area contributed by atoms with Gasteiger partial charge in [0.25, 0.3) is 0 Å². The topological polar surface area (TPSA) is 195 Å². The Hall–Kier alpha value is -2.92. The van der Waals surface area contributed by atoms with E-state index in [1.807, 2.05) is 36.4 Å². The summed E-state index contributed by atoms with van der Waals surface area (Å²) in [4.78, 5) is 14.5. The van der Waals surface area contributed by atoms with Crippen LogP contribution in [0.4, 0.5) is 5.82 Å². The van der Waals surface area contributed by atoms with Crippen LogP contribution in [-0.4, -0.2) is 66.8 Å². The van der Waals surface area contributed by atoms with Crippen LogP contribution in [0.1, 0.15) is 133 Å². The van der Waals surface area contributed by atoms with Crippen LogP contribution in [0.2, 0.25) is 0 Å². The van der Waals surface area contributed by atoms with Crippen LogP contribution in [0.15, 0.2) is 48.8 Å². The Balaban J connectivity index is 1.19. The predicted molar refractivity (Wildman–Crippen MR) is 202 cm³/mol. The summed E-state index contributed by atoms with van der Waals surface area (Å²) in [6.07, 6.45) is 17.1. The second kappa shape index (κ2) is 22.5. The largest absolute Gasteiger partial charge is 0.472 e. The van der Waals surface area contributed by atoms with Crippen molar-refractivity contribution in [2.24, 2.45) is 0 Å². The highest BCUT2D eigenvalue weighted by Crippen LogP contribution is 2.48. The van der Waals surface area contributed by atoms with Gasteiger partial charge in [-0.25, -0.2) is 14.1 Å². The number of hydrogen-bond donors (Lipinski definition) is 4. The predicted octanol–water partition coefficient (Wildman–Crippen LogP) is 7.74. The van der Waals surface area contributed by atoms with E-state index in [0.717, 1.165) is 24.8 Å². The Morgan fingerprint density at radius 3 is 2.13 bits per heavy atom. The van der Waals surface area contributed by atoms with E-state index in [1.165, 1.54) is 94.3 Å². The Kier molecular flexibility index (Phi) is 18.1. The standard InChI is InChI=1S/C39H60N5O8P/c1-2-3-4-5-6-7-8-9-10-11-12-13-14-15-16-20-23-32(49-26-31-21-18-17-19-22-31)27-50-53(47,48)51-29-39(28-40)37(46)35(45)36(52-39)33-24-25-34-38(41)42-30-43-44(33)34/h17-19,21-22,24-25,30,32,35-37,45-46H,2-16,20,23,26-27,29H2,1H3,(H,47,48)(H2,41,42,43)/t32-,35-,36-,37-,39+/m0/s1. The molecule has 5 N–H and O–H groups in total. The number of benzene rings is 1. The number of fused-ring (bicyclic) bond motifs is 1. The van der Waals surface area contributed by atoms with Gasteiger partial charge >= 0.3 is 7.82 Å². The lowest BCUT2D eigenvalue weighted by atomic mass is 9.96. The molecule has 53 heavy (non-hydrogen) atoms. The fraction of sp³-hybridized carbons (Fsp3) is 0.667. The average Bonchev–Trinajstić information content (AvgIpc) is 3.71. The molecule has 3 heterocycles. The zero-order valence-electron chi connectivity index (χ0n) is 31.3. The number of aromatic nitrogens is 3. The zero-order chi connectivity index (χ0) is 37.9. The molecule has 1 saturated heterocycles. The van der Waals surface area contributed by atoms with Crippen molar-refractivity contribution in [2.45, 2.75) is 153 Å². The number of nitriles is 1. The van der Waals surface area contributed by atoms with Gasteiger partial charge < -0.3 is 30.3 Å². The number of hydrogen-bond acceptors (Lipinski definition) is 11. The maximum Gasteiger partial charge on any atom is 0.472 e. The van der Waals surface area contributed by atoms with Crippen molar-refractivity contribution in [3.8, 4) is 6.07 Å². The number of rotatable bonds is 27. The summed E-state index contributed by atoms with van der Waals surface area (Å²) in [5, 5.41) is 35.9. The minimum Gasteiger partial charge on any atom is -0.387 e. The van der Waals surface area contributed by atoms with Gasteiger partial charge in [0, 0.05) is 0 Å². The fourth-order valence-corrected chi connectivity index (χ4v) is 7.57. The number of phosphoric acid groups is 1. The first-order valence-corrected chi connectivity index (χ1v) is 21.0.